The summed E-state index contributed by atoms with van der Waals surface area (Å²) < 4.78 is 10.9. The molecule has 18 heavy (non-hydrogen) atoms. The van der Waals surface area contributed by atoms with Crippen LogP contribution in [0.3, 0.4) is 0 Å². The molecule has 96 valence electrons. The smallest absolute Gasteiger partial charge is 0.278 e. The number of rotatable bonds is 4. The lowest BCUT2D eigenvalue weighted by Crippen LogP contribution is -2.50. The van der Waals surface area contributed by atoms with Gasteiger partial charge in [-0.25, -0.2) is 0 Å². The minimum absolute atomic E-state index is 0.0972. The Morgan fingerprint density at radius 2 is 1.78 bits per heavy atom. The van der Waals surface area contributed by atoms with Crippen LogP contribution in [-0.2, 0) is 20.8 Å². The Morgan fingerprint density at radius 1 is 1.17 bits per heavy atom. The minimum atomic E-state index is -1.08. The molecule has 0 atom stereocenters. The molecule has 2 rings (SSSR count). The second kappa shape index (κ2) is 4.92. The lowest BCUT2D eigenvalue weighted by molar-refractivity contribution is -0.257. The number of carbonyl (C=O) groups excluding carboxylic acids is 1. The van der Waals surface area contributed by atoms with E-state index in [1.807, 2.05) is 37.3 Å². The predicted molar refractivity (Wildman–Crippen MR) is 67.5 cm³/mol. The summed E-state index contributed by atoms with van der Waals surface area (Å²) in [6, 6.07) is 9.77. The van der Waals surface area contributed by atoms with E-state index in [9.17, 15) is 4.79 Å². The second-order valence-electron chi connectivity index (χ2n) is 4.23. The molecule has 0 radical (unpaired) electrons. The average molecular weight is 247 g/mol. The third-order valence-electron chi connectivity index (χ3n) is 3.20. The Bertz CT molecular complexity index is 463. The summed E-state index contributed by atoms with van der Waals surface area (Å²) in [5.74, 6) is -1.17. The van der Waals surface area contributed by atoms with Gasteiger partial charge in [0.25, 0.3) is 11.8 Å². The Morgan fingerprint density at radius 3 is 2.33 bits per heavy atom. The zero-order chi connectivity index (χ0) is 13.2. The molecule has 1 heterocycles. The van der Waals surface area contributed by atoms with Gasteiger partial charge in [-0.2, -0.15) is 0 Å². The van der Waals surface area contributed by atoms with Gasteiger partial charge in [0.05, 0.1) is 6.54 Å². The summed E-state index contributed by atoms with van der Waals surface area (Å²) in [6.07, 6.45) is 1.55. The Hall–Kier alpha value is -1.65. The fourth-order valence-electron chi connectivity index (χ4n) is 2.29. The molecule has 4 heteroatoms. The number of carbonyl (C=O) groups is 1. The van der Waals surface area contributed by atoms with E-state index in [1.54, 1.807) is 11.0 Å². The molecule has 0 fully saturated rings. The van der Waals surface area contributed by atoms with Gasteiger partial charge in [-0.1, -0.05) is 30.3 Å². The van der Waals surface area contributed by atoms with Gasteiger partial charge in [0.15, 0.2) is 0 Å². The molecule has 1 amide bonds. The normalized spacial score (nSPS) is 18.1. The highest BCUT2D eigenvalue weighted by molar-refractivity contribution is 5.92. The fourth-order valence-corrected chi connectivity index (χ4v) is 2.29. The van der Waals surface area contributed by atoms with E-state index in [4.69, 9.17) is 9.47 Å². The maximum Gasteiger partial charge on any atom is 0.278 e. The Kier molecular flexibility index (Phi) is 3.50. The molecule has 1 aliphatic rings. The summed E-state index contributed by atoms with van der Waals surface area (Å²) in [6.45, 7) is 2.28. The average Bonchev–Trinajstić information content (AvgIpc) is 2.63. The van der Waals surface area contributed by atoms with Crippen molar-refractivity contribution in [1.29, 1.82) is 0 Å². The molecule has 4 nitrogen and oxygen atoms in total. The maximum absolute atomic E-state index is 12.0. The van der Waals surface area contributed by atoms with Crippen molar-refractivity contribution in [1.82, 2.24) is 4.90 Å². The van der Waals surface area contributed by atoms with Gasteiger partial charge in [0.1, 0.15) is 0 Å². The first kappa shape index (κ1) is 12.8. The molecule has 0 aliphatic carbocycles. The van der Waals surface area contributed by atoms with Crippen molar-refractivity contribution in [2.24, 2.45) is 0 Å². The van der Waals surface area contributed by atoms with E-state index >= 15 is 0 Å². The lowest BCUT2D eigenvalue weighted by Gasteiger charge is -2.37. The Labute approximate surface area is 107 Å². The van der Waals surface area contributed by atoms with Crippen LogP contribution in [0, 0.1) is 0 Å². The molecule has 0 saturated carbocycles. The standard InChI is InChI=1S/C14H17NO3/c1-11-9-13(16)15(14(11,17-2)18-3)10-12-7-5-4-6-8-12/h4-9H,10H2,1-3H3. The van der Waals surface area contributed by atoms with Gasteiger partial charge in [0.2, 0.25) is 0 Å². The van der Waals surface area contributed by atoms with E-state index in [2.05, 4.69) is 0 Å². The van der Waals surface area contributed by atoms with Crippen LogP contribution in [0.5, 0.6) is 0 Å². The number of methoxy groups -OCH3 is 2. The van der Waals surface area contributed by atoms with Crippen molar-refractivity contribution in [3.8, 4) is 0 Å². The summed E-state index contributed by atoms with van der Waals surface area (Å²) in [5, 5.41) is 0. The van der Waals surface area contributed by atoms with E-state index in [0.29, 0.717) is 6.54 Å². The molecule has 0 aromatic heterocycles. The summed E-state index contributed by atoms with van der Waals surface area (Å²) in [4.78, 5) is 13.6. The first-order valence-electron chi connectivity index (χ1n) is 5.78. The molecule has 0 spiro atoms. The molecular weight excluding hydrogens is 230 g/mol. The predicted octanol–water partition coefficient (Wildman–Crippen LogP) is 1.92. The monoisotopic (exact) mass is 247 g/mol. The molecule has 1 aliphatic heterocycles. The molecule has 0 N–H and O–H groups in total. The number of nitrogens with zero attached hydrogens (tertiary/aromatic N) is 1. The summed E-state index contributed by atoms with van der Waals surface area (Å²) in [7, 11) is 3.08. The Balaban J connectivity index is 2.29. The summed E-state index contributed by atoms with van der Waals surface area (Å²) >= 11 is 0. The van der Waals surface area contributed by atoms with Crippen LogP contribution in [0.2, 0.25) is 0 Å². The van der Waals surface area contributed by atoms with Crippen molar-refractivity contribution >= 4 is 5.91 Å². The fraction of sp³-hybridized carbons (Fsp3) is 0.357. The van der Waals surface area contributed by atoms with Crippen LogP contribution in [0.15, 0.2) is 42.0 Å². The van der Waals surface area contributed by atoms with E-state index in [1.165, 1.54) is 14.2 Å². The zero-order valence-electron chi connectivity index (χ0n) is 10.8. The van der Waals surface area contributed by atoms with E-state index in [0.717, 1.165) is 11.1 Å². The van der Waals surface area contributed by atoms with Crippen molar-refractivity contribution in [2.75, 3.05) is 14.2 Å². The van der Waals surface area contributed by atoms with Gasteiger partial charge in [-0.3, -0.25) is 9.69 Å². The van der Waals surface area contributed by atoms with Gasteiger partial charge in [0, 0.05) is 25.9 Å². The molecule has 1 aromatic carbocycles. The maximum atomic E-state index is 12.0. The second-order valence-corrected chi connectivity index (χ2v) is 4.23. The third kappa shape index (κ3) is 1.94. The van der Waals surface area contributed by atoms with Crippen molar-refractivity contribution in [3.63, 3.8) is 0 Å². The number of amides is 1. The van der Waals surface area contributed by atoms with Crippen LogP contribution < -0.4 is 0 Å². The first-order chi connectivity index (χ1) is 8.64. The topological polar surface area (TPSA) is 38.8 Å². The molecule has 1 aromatic rings. The van der Waals surface area contributed by atoms with Crippen LogP contribution in [0.25, 0.3) is 0 Å². The van der Waals surface area contributed by atoms with Crippen LogP contribution in [0.1, 0.15) is 12.5 Å². The molecule has 0 unspecified atom stereocenters. The van der Waals surface area contributed by atoms with Crippen molar-refractivity contribution in [3.05, 3.63) is 47.5 Å². The van der Waals surface area contributed by atoms with Gasteiger partial charge in [-0.05, 0) is 12.5 Å². The van der Waals surface area contributed by atoms with Crippen LogP contribution in [-0.4, -0.2) is 30.9 Å². The zero-order valence-corrected chi connectivity index (χ0v) is 10.8. The van der Waals surface area contributed by atoms with Crippen molar-refractivity contribution in [2.45, 2.75) is 19.4 Å². The highest BCUT2D eigenvalue weighted by Crippen LogP contribution is 2.33. The van der Waals surface area contributed by atoms with E-state index < -0.39 is 5.91 Å². The number of benzene rings is 1. The SMILES string of the molecule is COC1(OC)C(C)=CC(=O)N1Cc1ccccc1. The number of hydrogen-bond acceptors (Lipinski definition) is 3. The largest absolute Gasteiger partial charge is 0.332 e. The molecular formula is C14H17NO3. The number of hydrogen-bond donors (Lipinski definition) is 0. The van der Waals surface area contributed by atoms with E-state index in [-0.39, 0.29) is 5.91 Å². The highest BCUT2D eigenvalue weighted by atomic mass is 16.7. The van der Waals surface area contributed by atoms with Crippen molar-refractivity contribution < 1.29 is 14.3 Å². The lowest BCUT2D eigenvalue weighted by atomic mass is 10.2. The van der Waals surface area contributed by atoms with Crippen LogP contribution >= 0.6 is 0 Å². The van der Waals surface area contributed by atoms with Gasteiger partial charge in [-0.15, -0.1) is 0 Å². The summed E-state index contributed by atoms with van der Waals surface area (Å²) in [5.41, 5.74) is 1.79. The minimum Gasteiger partial charge on any atom is -0.332 e. The van der Waals surface area contributed by atoms with Gasteiger partial charge < -0.3 is 9.47 Å². The highest BCUT2D eigenvalue weighted by Gasteiger charge is 2.46. The molecule has 0 saturated heterocycles. The van der Waals surface area contributed by atoms with Gasteiger partial charge >= 0.3 is 0 Å². The quantitative estimate of drug-likeness (QED) is 0.763. The first-order valence-corrected chi connectivity index (χ1v) is 5.78. The third-order valence-corrected chi connectivity index (χ3v) is 3.20. The molecule has 0 bridgehead atoms. The number of ether oxygens (including phenoxy) is 2. The van der Waals surface area contributed by atoms with Crippen LogP contribution in [0.4, 0.5) is 0 Å².